The first-order valence-electron chi connectivity index (χ1n) is 2.44. The fourth-order valence-electron chi connectivity index (χ4n) is 0.537. The lowest BCUT2D eigenvalue weighted by atomic mass is 10.3. The van der Waals surface area contributed by atoms with Gasteiger partial charge in [0, 0.05) is 0 Å². The highest BCUT2D eigenvalue weighted by atomic mass is 35.5. The molecule has 1 rings (SSSR count). The molecule has 1 aromatic rings. The summed E-state index contributed by atoms with van der Waals surface area (Å²) in [4.78, 5) is 0. The first-order chi connectivity index (χ1) is 4.61. The van der Waals surface area contributed by atoms with Crippen LogP contribution in [-0.2, 0) is 5.11 Å². The molecule has 0 unspecified atom stereocenters. The maximum atomic E-state index is 10.7. The summed E-state index contributed by atoms with van der Waals surface area (Å²) in [5, 5.41) is 21.0. The largest absolute Gasteiger partial charge is 0.872 e. The third-order valence-corrected chi connectivity index (χ3v) is 1.53. The fraction of sp³-hybridized carbons (Fsp3) is 0. The second-order valence-corrected chi connectivity index (χ2v) is 2.53. The number of halogens is 2. The zero-order chi connectivity index (χ0) is 7.72. The van der Waals surface area contributed by atoms with Gasteiger partial charge in [0.05, 0.1) is 10.0 Å². The molecule has 0 aromatic heterocycles. The summed E-state index contributed by atoms with van der Waals surface area (Å²) in [6, 6.07) is 2.07. The molecule has 2 nitrogen and oxygen atoms in total. The van der Waals surface area contributed by atoms with Crippen LogP contribution in [0.5, 0.6) is 11.5 Å². The lowest BCUT2D eigenvalue weighted by molar-refractivity contribution is -0.268. The van der Waals surface area contributed by atoms with E-state index < -0.39 is 5.75 Å². The summed E-state index contributed by atoms with van der Waals surface area (Å²) in [5.41, 5.74) is 0. The van der Waals surface area contributed by atoms with E-state index in [1.54, 1.807) is 0 Å². The Bertz CT molecular complexity index is 237. The molecular weight excluding hydrogens is 175 g/mol. The first kappa shape index (κ1) is 7.51. The molecule has 0 saturated heterocycles. The summed E-state index contributed by atoms with van der Waals surface area (Å²) < 4.78 is 0. The Morgan fingerprint density at radius 3 is 2.00 bits per heavy atom. The summed E-state index contributed by atoms with van der Waals surface area (Å²) >= 11 is 10.6. The van der Waals surface area contributed by atoms with E-state index in [4.69, 9.17) is 23.2 Å². The normalized spacial score (nSPS) is 9.80. The van der Waals surface area contributed by atoms with E-state index in [-0.39, 0.29) is 15.8 Å². The van der Waals surface area contributed by atoms with E-state index in [1.807, 2.05) is 0 Å². The molecule has 0 heterocycles. The lowest BCUT2D eigenvalue weighted by Crippen LogP contribution is -1.88. The molecule has 0 fully saturated rings. The average Bonchev–Trinajstić information content (AvgIpc) is 1.82. The minimum atomic E-state index is -0.497. The number of benzene rings is 1. The zero-order valence-corrected chi connectivity index (χ0v) is 6.24. The summed E-state index contributed by atoms with van der Waals surface area (Å²) in [5.74, 6) is -0.850. The van der Waals surface area contributed by atoms with Gasteiger partial charge in [-0.2, -0.15) is 0 Å². The Balaban J connectivity index is 3.31. The van der Waals surface area contributed by atoms with E-state index in [9.17, 15) is 10.2 Å². The lowest BCUT2D eigenvalue weighted by Gasteiger charge is -2.05. The number of hydrogen-bond acceptors (Lipinski definition) is 1. The zero-order valence-electron chi connectivity index (χ0n) is 4.73. The summed E-state index contributed by atoms with van der Waals surface area (Å²) in [6.07, 6.45) is 0. The Kier molecular flexibility index (Phi) is 1.92. The van der Waals surface area contributed by atoms with Crippen molar-refractivity contribution in [3.8, 4) is 11.5 Å². The van der Waals surface area contributed by atoms with Gasteiger partial charge >= 0.3 is 0 Å². The van der Waals surface area contributed by atoms with Crippen LogP contribution in [0.2, 0.25) is 10.0 Å². The molecule has 0 amide bonds. The molecule has 0 aliphatic carbocycles. The van der Waals surface area contributed by atoms with E-state index >= 15 is 0 Å². The molecule has 0 atom stereocenters. The van der Waals surface area contributed by atoms with Crippen LogP contribution in [0.3, 0.4) is 0 Å². The number of hydrogen-bond donors (Lipinski definition) is 0. The maximum Gasteiger partial charge on any atom is 0.215 e. The molecule has 0 aliphatic rings. The van der Waals surface area contributed by atoms with E-state index in [2.05, 4.69) is 0 Å². The number of rotatable bonds is 0. The van der Waals surface area contributed by atoms with Gasteiger partial charge in [0.15, 0.2) is 0 Å². The Hall–Kier alpha value is -0.600. The Labute approximate surface area is 67.6 Å². The van der Waals surface area contributed by atoms with Crippen molar-refractivity contribution in [3.05, 3.63) is 22.2 Å². The molecule has 10 heavy (non-hydrogen) atoms. The third kappa shape index (κ3) is 1.28. The van der Waals surface area contributed by atoms with Crippen LogP contribution in [0, 0.1) is 0 Å². The van der Waals surface area contributed by atoms with Crippen molar-refractivity contribution in [1.29, 1.82) is 0 Å². The second kappa shape index (κ2) is 2.56. The highest BCUT2D eigenvalue weighted by Crippen LogP contribution is 2.34. The molecule has 0 spiro atoms. The van der Waals surface area contributed by atoms with Crippen LogP contribution in [0.15, 0.2) is 12.1 Å². The minimum absolute atomic E-state index is 0.127. The van der Waals surface area contributed by atoms with Crippen molar-refractivity contribution in [2.75, 3.05) is 0 Å². The van der Waals surface area contributed by atoms with Gasteiger partial charge in [0.2, 0.25) is 5.75 Å². The SMILES string of the molecule is [O]c1c(Cl)cc([O-])cc1Cl. The highest BCUT2D eigenvalue weighted by Gasteiger charge is 2.03. The Morgan fingerprint density at radius 1 is 1.20 bits per heavy atom. The monoisotopic (exact) mass is 176 g/mol. The molecule has 1 radical (unpaired) electrons. The molecule has 0 aliphatic heterocycles. The predicted octanol–water partition coefficient (Wildman–Crippen LogP) is 2.21. The molecule has 0 N–H and O–H groups in total. The minimum Gasteiger partial charge on any atom is -0.872 e. The van der Waals surface area contributed by atoms with Crippen LogP contribution in [0.25, 0.3) is 0 Å². The van der Waals surface area contributed by atoms with Gasteiger partial charge in [-0.05, 0) is 12.1 Å². The third-order valence-electron chi connectivity index (χ3n) is 0.972. The van der Waals surface area contributed by atoms with Gasteiger partial charge in [-0.1, -0.05) is 23.2 Å². The standard InChI is InChI=1S/C6H3Cl2O2/c7-4-1-3(9)2-5(8)6(4)10/h1-2,9H/p-1. The van der Waals surface area contributed by atoms with Crippen molar-refractivity contribution in [2.24, 2.45) is 0 Å². The fourth-order valence-corrected chi connectivity index (χ4v) is 1.00. The van der Waals surface area contributed by atoms with Gasteiger partial charge in [0.25, 0.3) is 0 Å². The van der Waals surface area contributed by atoms with E-state index in [0.29, 0.717) is 0 Å². The maximum absolute atomic E-state index is 10.7. The van der Waals surface area contributed by atoms with Crippen molar-refractivity contribution in [1.82, 2.24) is 0 Å². The average molecular weight is 177 g/mol. The van der Waals surface area contributed by atoms with Crippen LogP contribution in [-0.4, -0.2) is 0 Å². The molecule has 1 aromatic carbocycles. The molecular formula is C6H2Cl2O2-. The van der Waals surface area contributed by atoms with Gasteiger partial charge < -0.3 is 5.11 Å². The van der Waals surface area contributed by atoms with Crippen LogP contribution < -0.4 is 5.11 Å². The van der Waals surface area contributed by atoms with Crippen LogP contribution >= 0.6 is 23.2 Å². The van der Waals surface area contributed by atoms with Crippen molar-refractivity contribution < 1.29 is 10.2 Å². The van der Waals surface area contributed by atoms with Crippen molar-refractivity contribution in [2.45, 2.75) is 0 Å². The summed E-state index contributed by atoms with van der Waals surface area (Å²) in [7, 11) is 0. The smallest absolute Gasteiger partial charge is 0.215 e. The van der Waals surface area contributed by atoms with Gasteiger partial charge in [-0.15, -0.1) is 5.75 Å². The van der Waals surface area contributed by atoms with E-state index in [0.717, 1.165) is 12.1 Å². The van der Waals surface area contributed by atoms with Crippen LogP contribution in [0.1, 0.15) is 0 Å². The van der Waals surface area contributed by atoms with Crippen LogP contribution in [0.4, 0.5) is 0 Å². The van der Waals surface area contributed by atoms with Crippen molar-refractivity contribution in [3.63, 3.8) is 0 Å². The van der Waals surface area contributed by atoms with Gasteiger partial charge in [-0.3, -0.25) is 5.11 Å². The summed E-state index contributed by atoms with van der Waals surface area (Å²) in [6.45, 7) is 0. The molecule has 0 bridgehead atoms. The van der Waals surface area contributed by atoms with Gasteiger partial charge in [0.1, 0.15) is 0 Å². The van der Waals surface area contributed by atoms with Crippen molar-refractivity contribution >= 4 is 23.2 Å². The molecule has 4 heteroatoms. The highest BCUT2D eigenvalue weighted by molar-refractivity contribution is 6.37. The second-order valence-electron chi connectivity index (χ2n) is 1.72. The topological polar surface area (TPSA) is 43.0 Å². The van der Waals surface area contributed by atoms with Gasteiger partial charge in [-0.25, -0.2) is 0 Å². The predicted molar refractivity (Wildman–Crippen MR) is 36.0 cm³/mol. The molecule has 0 saturated carbocycles. The quantitative estimate of drug-likeness (QED) is 0.598. The first-order valence-corrected chi connectivity index (χ1v) is 3.20. The molecule has 53 valence electrons. The Morgan fingerprint density at radius 2 is 1.60 bits per heavy atom. The van der Waals surface area contributed by atoms with E-state index in [1.165, 1.54) is 0 Å².